The second-order valence-corrected chi connectivity index (χ2v) is 5.22. The van der Waals surface area contributed by atoms with Gasteiger partial charge in [-0.2, -0.15) is 0 Å². The van der Waals surface area contributed by atoms with E-state index in [0.717, 1.165) is 21.9 Å². The Balaban J connectivity index is 1.85. The predicted molar refractivity (Wildman–Crippen MR) is 83.5 cm³/mol. The zero-order valence-corrected chi connectivity index (χ0v) is 12.7. The monoisotopic (exact) mass is 303 g/mol. The molecule has 5 heteroatoms. The van der Waals surface area contributed by atoms with Crippen LogP contribution in [0.15, 0.2) is 48.5 Å². The van der Waals surface area contributed by atoms with Crippen molar-refractivity contribution in [2.45, 2.75) is 6.54 Å². The van der Waals surface area contributed by atoms with Crippen LogP contribution in [0.1, 0.15) is 5.56 Å². The SMILES string of the molecule is COc1ccc(NC(=O)C[NH+](C)Cc2cccc(F)c2)cc1. The number of quaternary nitrogens is 1. The van der Waals surface area contributed by atoms with E-state index in [1.54, 1.807) is 37.4 Å². The molecule has 0 spiro atoms. The lowest BCUT2D eigenvalue weighted by Crippen LogP contribution is -3.08. The highest BCUT2D eigenvalue weighted by molar-refractivity contribution is 5.91. The number of amides is 1. The van der Waals surface area contributed by atoms with Gasteiger partial charge in [0, 0.05) is 11.3 Å². The van der Waals surface area contributed by atoms with Gasteiger partial charge in [-0.1, -0.05) is 12.1 Å². The summed E-state index contributed by atoms with van der Waals surface area (Å²) in [5.41, 5.74) is 1.60. The van der Waals surface area contributed by atoms with Crippen molar-refractivity contribution in [3.8, 4) is 5.75 Å². The van der Waals surface area contributed by atoms with Crippen LogP contribution in [0, 0.1) is 5.82 Å². The van der Waals surface area contributed by atoms with Gasteiger partial charge < -0.3 is 15.0 Å². The minimum absolute atomic E-state index is 0.0842. The van der Waals surface area contributed by atoms with Crippen molar-refractivity contribution in [2.75, 3.05) is 26.0 Å². The number of benzene rings is 2. The normalized spacial score (nSPS) is 11.8. The van der Waals surface area contributed by atoms with E-state index in [2.05, 4.69) is 5.32 Å². The van der Waals surface area contributed by atoms with Gasteiger partial charge >= 0.3 is 0 Å². The van der Waals surface area contributed by atoms with Crippen molar-refractivity contribution >= 4 is 11.6 Å². The van der Waals surface area contributed by atoms with E-state index < -0.39 is 0 Å². The quantitative estimate of drug-likeness (QED) is 0.849. The molecule has 116 valence electrons. The average Bonchev–Trinajstić information content (AvgIpc) is 2.47. The van der Waals surface area contributed by atoms with Gasteiger partial charge in [-0.3, -0.25) is 4.79 Å². The number of hydrogen-bond acceptors (Lipinski definition) is 2. The Morgan fingerprint density at radius 2 is 1.95 bits per heavy atom. The van der Waals surface area contributed by atoms with Crippen molar-refractivity contribution in [1.82, 2.24) is 0 Å². The molecular weight excluding hydrogens is 283 g/mol. The number of rotatable bonds is 6. The average molecular weight is 303 g/mol. The summed E-state index contributed by atoms with van der Waals surface area (Å²) < 4.78 is 18.2. The summed E-state index contributed by atoms with van der Waals surface area (Å²) >= 11 is 0. The van der Waals surface area contributed by atoms with Gasteiger partial charge in [-0.15, -0.1) is 0 Å². The third-order valence-electron chi connectivity index (χ3n) is 3.23. The van der Waals surface area contributed by atoms with Gasteiger partial charge in [-0.05, 0) is 36.4 Å². The van der Waals surface area contributed by atoms with Gasteiger partial charge in [0.2, 0.25) is 0 Å². The van der Waals surface area contributed by atoms with Gasteiger partial charge in [0.05, 0.1) is 14.2 Å². The number of carbonyl (C=O) groups is 1. The summed E-state index contributed by atoms with van der Waals surface area (Å²) in [6.45, 7) is 0.899. The molecule has 0 aliphatic heterocycles. The Bertz CT molecular complexity index is 629. The van der Waals surface area contributed by atoms with Gasteiger partial charge in [-0.25, -0.2) is 4.39 Å². The third kappa shape index (κ3) is 4.86. The maximum absolute atomic E-state index is 13.1. The van der Waals surface area contributed by atoms with Crippen LogP contribution >= 0.6 is 0 Å². The lowest BCUT2D eigenvalue weighted by atomic mass is 10.2. The number of nitrogens with one attached hydrogen (secondary N) is 2. The summed E-state index contributed by atoms with van der Waals surface area (Å²) in [6.07, 6.45) is 0. The van der Waals surface area contributed by atoms with E-state index in [0.29, 0.717) is 13.1 Å². The summed E-state index contributed by atoms with van der Waals surface area (Å²) in [5, 5.41) is 2.83. The van der Waals surface area contributed by atoms with Crippen molar-refractivity contribution in [2.24, 2.45) is 0 Å². The highest BCUT2D eigenvalue weighted by Gasteiger charge is 2.11. The number of methoxy groups -OCH3 is 1. The van der Waals surface area contributed by atoms with Crippen LogP contribution in [0.25, 0.3) is 0 Å². The number of ether oxygens (including phenoxy) is 1. The van der Waals surface area contributed by atoms with Gasteiger partial charge in [0.15, 0.2) is 6.54 Å². The molecule has 1 amide bonds. The molecule has 1 atom stereocenters. The number of hydrogen-bond donors (Lipinski definition) is 2. The lowest BCUT2D eigenvalue weighted by Gasteiger charge is -2.14. The Labute approximate surface area is 129 Å². The first kappa shape index (κ1) is 16.0. The molecule has 22 heavy (non-hydrogen) atoms. The zero-order valence-electron chi connectivity index (χ0n) is 12.7. The highest BCUT2D eigenvalue weighted by Crippen LogP contribution is 2.14. The molecule has 0 saturated heterocycles. The van der Waals surface area contributed by atoms with Crippen molar-refractivity contribution in [1.29, 1.82) is 0 Å². The molecule has 2 aromatic rings. The molecule has 0 radical (unpaired) electrons. The van der Waals surface area contributed by atoms with E-state index >= 15 is 0 Å². The molecule has 0 aliphatic rings. The van der Waals surface area contributed by atoms with E-state index in [4.69, 9.17) is 4.74 Å². The fourth-order valence-corrected chi connectivity index (χ4v) is 2.21. The number of anilines is 1. The van der Waals surface area contributed by atoms with Crippen LogP contribution < -0.4 is 15.0 Å². The van der Waals surface area contributed by atoms with Crippen molar-refractivity contribution in [3.63, 3.8) is 0 Å². The maximum atomic E-state index is 13.1. The molecule has 0 fully saturated rings. The Morgan fingerprint density at radius 3 is 2.59 bits per heavy atom. The minimum Gasteiger partial charge on any atom is -0.497 e. The van der Waals surface area contributed by atoms with E-state index in [1.807, 2.05) is 13.1 Å². The summed E-state index contributed by atoms with van der Waals surface area (Å²) in [4.78, 5) is 13.0. The first-order chi connectivity index (χ1) is 10.6. The van der Waals surface area contributed by atoms with E-state index in [9.17, 15) is 9.18 Å². The van der Waals surface area contributed by atoms with Crippen molar-refractivity contribution < 1.29 is 18.8 Å². The molecule has 4 nitrogen and oxygen atoms in total. The van der Waals surface area contributed by atoms with Crippen LogP contribution in [0.5, 0.6) is 5.75 Å². The largest absolute Gasteiger partial charge is 0.497 e. The molecule has 2 rings (SSSR count). The third-order valence-corrected chi connectivity index (χ3v) is 3.23. The van der Waals surface area contributed by atoms with Crippen LogP contribution in [-0.4, -0.2) is 26.6 Å². The molecular formula is C17H20FN2O2+. The minimum atomic E-state index is -0.256. The standard InChI is InChI=1S/C17H19FN2O2/c1-20(11-13-4-3-5-14(18)10-13)12-17(21)19-15-6-8-16(22-2)9-7-15/h3-10H,11-12H2,1-2H3,(H,19,21)/p+1. The molecule has 1 unspecified atom stereocenters. The summed E-state index contributed by atoms with van der Waals surface area (Å²) in [6, 6.07) is 13.6. The van der Waals surface area contributed by atoms with Crippen LogP contribution in [-0.2, 0) is 11.3 Å². The van der Waals surface area contributed by atoms with E-state index in [1.165, 1.54) is 12.1 Å². The molecule has 0 saturated carbocycles. The topological polar surface area (TPSA) is 42.8 Å². The molecule has 0 aromatic heterocycles. The van der Waals surface area contributed by atoms with Crippen LogP contribution in [0.4, 0.5) is 10.1 Å². The molecule has 0 bridgehead atoms. The predicted octanol–water partition coefficient (Wildman–Crippen LogP) is 1.49. The van der Waals surface area contributed by atoms with E-state index in [-0.39, 0.29) is 11.7 Å². The van der Waals surface area contributed by atoms with Crippen LogP contribution in [0.3, 0.4) is 0 Å². The smallest absolute Gasteiger partial charge is 0.279 e. The fourth-order valence-electron chi connectivity index (χ4n) is 2.21. The summed E-state index contributed by atoms with van der Waals surface area (Å²) in [7, 11) is 3.50. The number of halogens is 1. The Hall–Kier alpha value is -2.40. The second kappa shape index (κ2) is 7.56. The summed E-state index contributed by atoms with van der Waals surface area (Å²) in [5.74, 6) is 0.402. The lowest BCUT2D eigenvalue weighted by molar-refractivity contribution is -0.885. The first-order valence-electron chi connectivity index (χ1n) is 7.06. The Morgan fingerprint density at radius 1 is 1.23 bits per heavy atom. The fraction of sp³-hybridized carbons (Fsp3) is 0.235. The first-order valence-corrected chi connectivity index (χ1v) is 7.06. The molecule has 0 heterocycles. The zero-order chi connectivity index (χ0) is 15.9. The number of carbonyl (C=O) groups excluding carboxylic acids is 1. The molecule has 2 N–H and O–H groups in total. The second-order valence-electron chi connectivity index (χ2n) is 5.22. The van der Waals surface area contributed by atoms with Gasteiger partial charge in [0.1, 0.15) is 18.1 Å². The maximum Gasteiger partial charge on any atom is 0.279 e. The number of likely N-dealkylation sites (N-methyl/N-ethyl adjacent to an activating group) is 1. The van der Waals surface area contributed by atoms with Crippen LogP contribution in [0.2, 0.25) is 0 Å². The highest BCUT2D eigenvalue weighted by atomic mass is 19.1. The molecule has 0 aliphatic carbocycles. The van der Waals surface area contributed by atoms with Crippen molar-refractivity contribution in [3.05, 3.63) is 59.9 Å². The molecule has 2 aromatic carbocycles. The Kier molecular flexibility index (Phi) is 5.49. The van der Waals surface area contributed by atoms with Gasteiger partial charge in [0.25, 0.3) is 5.91 Å².